The molecule has 3 saturated carbocycles. The van der Waals surface area contributed by atoms with E-state index in [0.29, 0.717) is 30.8 Å². The Bertz CT molecular complexity index is 1750. The van der Waals surface area contributed by atoms with Gasteiger partial charge in [-0.1, -0.05) is 57.5 Å². The molecule has 3 aliphatic carbocycles. The van der Waals surface area contributed by atoms with Crippen molar-refractivity contribution in [3.05, 3.63) is 52.0 Å². The molecule has 0 radical (unpaired) electrons. The summed E-state index contributed by atoms with van der Waals surface area (Å²) < 4.78 is 52.6. The number of methoxy groups -OCH3 is 1. The smallest absolute Gasteiger partial charge is 0.394 e. The second-order valence-corrected chi connectivity index (χ2v) is 17.7. The van der Waals surface area contributed by atoms with E-state index < -0.39 is 76.9 Å². The van der Waals surface area contributed by atoms with Crippen molar-refractivity contribution in [2.45, 2.75) is 122 Å². The lowest BCUT2D eigenvalue weighted by molar-refractivity contribution is -0.367. The highest BCUT2D eigenvalue weighted by molar-refractivity contribution is 7.09. The summed E-state index contributed by atoms with van der Waals surface area (Å²) in [6, 6.07) is 6.84. The second-order valence-electron chi connectivity index (χ2n) is 16.8. The van der Waals surface area contributed by atoms with Gasteiger partial charge in [0, 0.05) is 43.3 Å². The maximum absolute atomic E-state index is 14.5. The van der Waals surface area contributed by atoms with Crippen molar-refractivity contribution >= 4 is 41.0 Å². The third-order valence-corrected chi connectivity index (χ3v) is 13.1. The number of carbonyl (C=O) groups is 5. The average molecular weight is 820 g/mol. The van der Waals surface area contributed by atoms with Gasteiger partial charge in [0.1, 0.15) is 16.7 Å². The van der Waals surface area contributed by atoms with E-state index in [0.717, 1.165) is 29.7 Å². The number of halogens is 3. The third kappa shape index (κ3) is 9.81. The van der Waals surface area contributed by atoms with Crippen LogP contribution >= 0.6 is 11.3 Å². The van der Waals surface area contributed by atoms with Gasteiger partial charge in [-0.2, -0.15) is 13.2 Å². The number of nitrogens with one attached hydrogen (secondary N) is 2. The first kappa shape index (κ1) is 44.1. The first-order valence-electron chi connectivity index (χ1n) is 19.7. The molecule has 3 amide bonds. The van der Waals surface area contributed by atoms with Gasteiger partial charge in [0.15, 0.2) is 6.10 Å². The van der Waals surface area contributed by atoms with Crippen molar-refractivity contribution in [2.24, 2.45) is 22.7 Å². The van der Waals surface area contributed by atoms with Gasteiger partial charge in [-0.15, -0.1) is 11.3 Å². The van der Waals surface area contributed by atoms with Crippen molar-refractivity contribution in [3.8, 4) is 0 Å². The molecular weight excluding hydrogens is 764 g/mol. The molecule has 16 heteroatoms. The number of nitrogens with zero attached hydrogens (tertiary/aromatic N) is 3. The van der Waals surface area contributed by atoms with E-state index in [2.05, 4.69) is 15.6 Å². The Labute approximate surface area is 336 Å². The Morgan fingerprint density at radius 1 is 1.04 bits per heavy atom. The van der Waals surface area contributed by atoms with Crippen LogP contribution < -0.4 is 10.6 Å². The number of thiazole rings is 1. The van der Waals surface area contributed by atoms with Gasteiger partial charge < -0.3 is 25.0 Å². The van der Waals surface area contributed by atoms with E-state index in [1.54, 1.807) is 19.4 Å². The molecule has 314 valence electrons. The molecule has 2 aromatic rings. The van der Waals surface area contributed by atoms with Crippen molar-refractivity contribution in [3.63, 3.8) is 0 Å². The summed E-state index contributed by atoms with van der Waals surface area (Å²) in [5.41, 5.74) is -1.79. The highest BCUT2D eigenvalue weighted by Gasteiger charge is 2.81. The molecule has 4 fully saturated rings. The zero-order chi connectivity index (χ0) is 41.9. The summed E-state index contributed by atoms with van der Waals surface area (Å²) in [5, 5.41) is 7.79. The number of likely N-dealkylation sites (tertiary alicyclic amines) is 1. The van der Waals surface area contributed by atoms with E-state index in [1.807, 2.05) is 56.1 Å². The number of benzene rings is 1. The number of rotatable bonds is 17. The summed E-state index contributed by atoms with van der Waals surface area (Å²) in [4.78, 5) is 74.4. The number of amides is 3. The molecule has 12 nitrogen and oxygen atoms in total. The van der Waals surface area contributed by atoms with Gasteiger partial charge in [-0.25, -0.2) is 4.98 Å². The first-order valence-corrected chi connectivity index (χ1v) is 20.6. The molecule has 2 bridgehead atoms. The standard InChI is InChI=1S/C41H56F3N5O7S/c1-24(2)31(49(6)37(53)33(39-21-40(22-39,23-39)41(42,43)44)47-35(52)30-15-11-12-16-48(30)5)19-32(56-26(4)50)36-46-29(20-57-36)34(51)45-28(17-25(3)38(54)55-7)18-27-13-9-8-10-14-27/h8-10,13-14,20,24-25,28,30-33H,11-12,15-19,21-23H2,1-7H3,(H,45,51)(H,47,52)/t25-,28+,30+,31+,32+,33+,39?,40?/m0/s1. The third-order valence-electron chi connectivity index (χ3n) is 12.2. The molecule has 1 aliphatic heterocycles. The van der Waals surface area contributed by atoms with Crippen LogP contribution in [-0.2, 0) is 35.1 Å². The van der Waals surface area contributed by atoms with Gasteiger partial charge in [-0.3, -0.25) is 28.9 Å². The second kappa shape index (κ2) is 17.8. The van der Waals surface area contributed by atoms with Crippen LogP contribution in [0.3, 0.4) is 0 Å². The quantitative estimate of drug-likeness (QED) is 0.187. The van der Waals surface area contributed by atoms with Crippen LogP contribution in [-0.4, -0.2) is 103 Å². The molecule has 0 unspecified atom stereocenters. The summed E-state index contributed by atoms with van der Waals surface area (Å²) in [6.07, 6.45) is -2.85. The topological polar surface area (TPSA) is 147 Å². The number of piperidine rings is 1. The summed E-state index contributed by atoms with van der Waals surface area (Å²) in [6.45, 7) is 7.44. The minimum absolute atomic E-state index is 0.0762. The summed E-state index contributed by atoms with van der Waals surface area (Å²) in [5.74, 6) is -3.06. The van der Waals surface area contributed by atoms with Crippen molar-refractivity contribution < 1.29 is 46.6 Å². The lowest BCUT2D eigenvalue weighted by atomic mass is 9.32. The molecule has 6 rings (SSSR count). The monoisotopic (exact) mass is 819 g/mol. The SMILES string of the molecule is COC(=O)[C@@H](C)C[C@H](Cc1ccccc1)NC(=O)c1csc([C@@H](C[C@H](C(C)C)N(C)C(=O)[C@@H](NC(=O)[C@H]2CCCCN2C)C23CC(C(F)(F)F)(C2)C3)OC(C)=O)n1. The minimum Gasteiger partial charge on any atom is -0.469 e. The van der Waals surface area contributed by atoms with Crippen molar-refractivity contribution in [1.82, 2.24) is 25.4 Å². The van der Waals surface area contributed by atoms with E-state index in [-0.39, 0.29) is 43.2 Å². The molecule has 1 saturated heterocycles. The van der Waals surface area contributed by atoms with Crippen LogP contribution in [0.1, 0.15) is 106 Å². The molecule has 1 aromatic heterocycles. The Balaban J connectivity index is 1.34. The highest BCUT2D eigenvalue weighted by atomic mass is 32.1. The van der Waals surface area contributed by atoms with E-state index in [9.17, 15) is 37.1 Å². The molecule has 57 heavy (non-hydrogen) atoms. The van der Waals surface area contributed by atoms with Gasteiger partial charge >= 0.3 is 18.1 Å². The largest absolute Gasteiger partial charge is 0.469 e. The lowest BCUT2D eigenvalue weighted by Gasteiger charge is -2.72. The Morgan fingerprint density at radius 3 is 2.28 bits per heavy atom. The number of alkyl halides is 3. The van der Waals surface area contributed by atoms with Gasteiger partial charge in [0.2, 0.25) is 11.8 Å². The fourth-order valence-electron chi connectivity index (χ4n) is 9.07. The number of aromatic nitrogens is 1. The predicted molar refractivity (Wildman–Crippen MR) is 207 cm³/mol. The Morgan fingerprint density at radius 2 is 1.70 bits per heavy atom. The van der Waals surface area contributed by atoms with Gasteiger partial charge in [-0.05, 0) is 70.0 Å². The zero-order valence-corrected chi connectivity index (χ0v) is 34.6. The molecule has 4 aliphatic rings. The van der Waals surface area contributed by atoms with Crippen LogP contribution in [0.15, 0.2) is 35.7 Å². The van der Waals surface area contributed by atoms with Crippen LogP contribution in [0, 0.1) is 22.7 Å². The van der Waals surface area contributed by atoms with Gasteiger partial charge in [0.25, 0.3) is 5.91 Å². The minimum atomic E-state index is -4.40. The van der Waals surface area contributed by atoms with E-state index in [1.165, 1.54) is 18.9 Å². The van der Waals surface area contributed by atoms with Gasteiger partial charge in [0.05, 0.1) is 24.5 Å². The number of esters is 2. The van der Waals surface area contributed by atoms with Crippen LogP contribution in [0.25, 0.3) is 0 Å². The summed E-state index contributed by atoms with van der Waals surface area (Å²) >= 11 is 1.12. The van der Waals surface area contributed by atoms with Crippen molar-refractivity contribution in [2.75, 3.05) is 27.7 Å². The number of ether oxygens (including phenoxy) is 2. The fraction of sp³-hybridized carbons (Fsp3) is 0.659. The molecule has 0 spiro atoms. The van der Waals surface area contributed by atoms with Crippen molar-refractivity contribution in [1.29, 1.82) is 0 Å². The van der Waals surface area contributed by atoms with Crippen LogP contribution in [0.5, 0.6) is 0 Å². The lowest BCUT2D eigenvalue weighted by Crippen LogP contribution is -2.77. The maximum Gasteiger partial charge on any atom is 0.394 e. The molecule has 2 heterocycles. The fourth-order valence-corrected chi connectivity index (χ4v) is 9.91. The zero-order valence-electron chi connectivity index (χ0n) is 33.8. The van der Waals surface area contributed by atoms with Crippen LogP contribution in [0.4, 0.5) is 13.2 Å². The number of likely N-dealkylation sites (N-methyl/N-ethyl adjacent to an activating group) is 2. The molecular formula is C41H56F3N5O7S. The van der Waals surface area contributed by atoms with E-state index in [4.69, 9.17) is 9.47 Å². The Kier molecular flexibility index (Phi) is 13.8. The predicted octanol–water partition coefficient (Wildman–Crippen LogP) is 5.86. The molecule has 2 N–H and O–H groups in total. The number of hydrogen-bond acceptors (Lipinski definition) is 10. The average Bonchev–Trinajstić information content (AvgIpc) is 3.61. The number of hydrogen-bond donors (Lipinski definition) is 2. The normalized spacial score (nSPS) is 24.4. The van der Waals surface area contributed by atoms with Crippen LogP contribution in [0.2, 0.25) is 0 Å². The maximum atomic E-state index is 14.5. The first-order chi connectivity index (χ1) is 26.8. The molecule has 6 atom stereocenters. The number of carbonyl (C=O) groups excluding carboxylic acids is 5. The highest BCUT2D eigenvalue weighted by Crippen LogP contribution is 2.79. The van der Waals surface area contributed by atoms with E-state index >= 15 is 0 Å². The molecule has 1 aromatic carbocycles. The summed E-state index contributed by atoms with van der Waals surface area (Å²) in [7, 11) is 4.71. The Hall–Kier alpha value is -4.05.